The molecule has 0 aliphatic carbocycles. The summed E-state index contributed by atoms with van der Waals surface area (Å²) in [5.74, 6) is -0.711. The third kappa shape index (κ3) is 3.96. The highest BCUT2D eigenvalue weighted by Crippen LogP contribution is 2.17. The van der Waals surface area contributed by atoms with E-state index >= 15 is 0 Å². The normalized spacial score (nSPS) is 16.6. The minimum absolute atomic E-state index is 0.241. The summed E-state index contributed by atoms with van der Waals surface area (Å²) in [5.41, 5.74) is 2.64. The lowest BCUT2D eigenvalue weighted by molar-refractivity contribution is -0.137. The van der Waals surface area contributed by atoms with E-state index < -0.39 is 5.97 Å². The summed E-state index contributed by atoms with van der Waals surface area (Å²) in [6.07, 6.45) is 1.31. The van der Waals surface area contributed by atoms with Crippen molar-refractivity contribution in [2.24, 2.45) is 0 Å². The molecule has 0 bridgehead atoms. The summed E-state index contributed by atoms with van der Waals surface area (Å²) < 4.78 is 0. The monoisotopic (exact) mass is 262 g/mol. The number of piperazine rings is 1. The molecule has 1 fully saturated rings. The second-order valence-electron chi connectivity index (χ2n) is 4.99. The summed E-state index contributed by atoms with van der Waals surface area (Å²) >= 11 is 0. The van der Waals surface area contributed by atoms with Crippen LogP contribution < -0.4 is 4.90 Å². The molecule has 1 aliphatic rings. The van der Waals surface area contributed by atoms with Gasteiger partial charge in [0, 0.05) is 38.4 Å². The van der Waals surface area contributed by atoms with E-state index in [4.69, 9.17) is 5.11 Å². The first-order chi connectivity index (χ1) is 9.19. The molecule has 1 saturated heterocycles. The highest BCUT2D eigenvalue weighted by atomic mass is 16.4. The Morgan fingerprint density at radius 1 is 1.16 bits per heavy atom. The molecule has 1 aromatic rings. The first-order valence-electron chi connectivity index (χ1n) is 6.97. The third-order valence-electron chi connectivity index (χ3n) is 3.72. The molecule has 19 heavy (non-hydrogen) atoms. The van der Waals surface area contributed by atoms with Gasteiger partial charge in [-0.25, -0.2) is 0 Å². The number of carbonyl (C=O) groups is 1. The van der Waals surface area contributed by atoms with Gasteiger partial charge in [-0.05, 0) is 24.1 Å². The van der Waals surface area contributed by atoms with Crippen LogP contribution in [-0.4, -0.2) is 48.7 Å². The Bertz CT molecular complexity index is 409. The van der Waals surface area contributed by atoms with Crippen LogP contribution in [0.1, 0.15) is 18.9 Å². The van der Waals surface area contributed by atoms with Crippen LogP contribution in [0, 0.1) is 0 Å². The second kappa shape index (κ2) is 6.57. The van der Waals surface area contributed by atoms with E-state index in [0.29, 0.717) is 6.54 Å². The summed E-state index contributed by atoms with van der Waals surface area (Å²) in [6.45, 7) is 6.68. The molecular weight excluding hydrogens is 240 g/mol. The fraction of sp³-hybridized carbons (Fsp3) is 0.533. The number of hydrogen-bond donors (Lipinski definition) is 1. The van der Waals surface area contributed by atoms with Crippen molar-refractivity contribution in [2.75, 3.05) is 37.6 Å². The number of rotatable bonds is 5. The van der Waals surface area contributed by atoms with Gasteiger partial charge in [-0.15, -0.1) is 0 Å². The van der Waals surface area contributed by atoms with E-state index in [-0.39, 0.29) is 6.42 Å². The first-order valence-corrected chi connectivity index (χ1v) is 6.97. The van der Waals surface area contributed by atoms with Crippen LogP contribution in [0.15, 0.2) is 24.3 Å². The molecule has 1 heterocycles. The largest absolute Gasteiger partial charge is 0.481 e. The van der Waals surface area contributed by atoms with E-state index in [0.717, 1.165) is 32.6 Å². The van der Waals surface area contributed by atoms with Crippen molar-refractivity contribution in [3.05, 3.63) is 29.8 Å². The molecule has 0 aromatic heterocycles. The number of carboxylic acid groups (broad SMARTS) is 1. The summed E-state index contributed by atoms with van der Waals surface area (Å²) in [7, 11) is 0. The molecule has 104 valence electrons. The average Bonchev–Trinajstić information content (AvgIpc) is 2.46. The van der Waals surface area contributed by atoms with Crippen LogP contribution in [0.5, 0.6) is 0 Å². The number of nitrogens with zero attached hydrogens (tertiary/aromatic N) is 2. The molecule has 0 atom stereocenters. The fourth-order valence-corrected chi connectivity index (χ4v) is 2.43. The van der Waals surface area contributed by atoms with E-state index in [1.165, 1.54) is 11.3 Å². The Kier molecular flexibility index (Phi) is 4.80. The van der Waals surface area contributed by atoms with Crippen LogP contribution in [-0.2, 0) is 11.2 Å². The van der Waals surface area contributed by atoms with Crippen molar-refractivity contribution in [2.45, 2.75) is 19.8 Å². The Balaban J connectivity index is 1.83. The molecule has 4 heteroatoms. The number of benzene rings is 1. The predicted octanol–water partition coefficient (Wildman–Crippen LogP) is 1.85. The molecule has 1 aliphatic heterocycles. The van der Waals surface area contributed by atoms with E-state index in [2.05, 4.69) is 41.0 Å². The zero-order valence-electron chi connectivity index (χ0n) is 11.5. The lowest BCUT2D eigenvalue weighted by Crippen LogP contribution is -2.46. The number of hydrogen-bond acceptors (Lipinski definition) is 3. The van der Waals surface area contributed by atoms with Crippen LogP contribution in [0.4, 0.5) is 5.69 Å². The minimum atomic E-state index is -0.711. The smallest absolute Gasteiger partial charge is 0.304 e. The van der Waals surface area contributed by atoms with Crippen molar-refractivity contribution in [1.29, 1.82) is 0 Å². The molecular formula is C15H22N2O2. The third-order valence-corrected chi connectivity index (χ3v) is 3.72. The van der Waals surface area contributed by atoms with Gasteiger partial charge < -0.3 is 10.0 Å². The predicted molar refractivity (Wildman–Crippen MR) is 76.7 cm³/mol. The standard InChI is InChI=1S/C15H22N2O2/c1-2-13-3-5-14(6-4-13)17-11-9-16(10-12-17)8-7-15(18)19/h3-6H,2,7-12H2,1H3,(H,18,19). The van der Waals surface area contributed by atoms with Gasteiger partial charge in [0.15, 0.2) is 0 Å². The van der Waals surface area contributed by atoms with Crippen LogP contribution in [0.2, 0.25) is 0 Å². The van der Waals surface area contributed by atoms with Gasteiger partial charge in [-0.2, -0.15) is 0 Å². The van der Waals surface area contributed by atoms with Crippen molar-refractivity contribution in [3.8, 4) is 0 Å². The SMILES string of the molecule is CCc1ccc(N2CCN(CCC(=O)O)CC2)cc1. The number of aliphatic carboxylic acids is 1. The van der Waals surface area contributed by atoms with Crippen LogP contribution in [0.25, 0.3) is 0 Å². The maximum absolute atomic E-state index is 10.6. The number of anilines is 1. The maximum Gasteiger partial charge on any atom is 0.304 e. The van der Waals surface area contributed by atoms with Crippen LogP contribution in [0.3, 0.4) is 0 Å². The zero-order chi connectivity index (χ0) is 13.7. The highest BCUT2D eigenvalue weighted by Gasteiger charge is 2.17. The quantitative estimate of drug-likeness (QED) is 0.879. The fourth-order valence-electron chi connectivity index (χ4n) is 2.43. The topological polar surface area (TPSA) is 43.8 Å². The van der Waals surface area contributed by atoms with Crippen molar-refractivity contribution in [1.82, 2.24) is 4.90 Å². The maximum atomic E-state index is 10.6. The molecule has 0 unspecified atom stereocenters. The molecule has 2 rings (SSSR count). The van der Waals surface area contributed by atoms with E-state index in [1.807, 2.05) is 0 Å². The van der Waals surface area contributed by atoms with Gasteiger partial charge in [-0.3, -0.25) is 9.69 Å². The number of aryl methyl sites for hydroxylation is 1. The van der Waals surface area contributed by atoms with Gasteiger partial charge in [-0.1, -0.05) is 19.1 Å². The highest BCUT2D eigenvalue weighted by molar-refractivity contribution is 5.66. The molecule has 0 amide bonds. The molecule has 0 radical (unpaired) electrons. The molecule has 1 aromatic carbocycles. The van der Waals surface area contributed by atoms with Gasteiger partial charge in [0.25, 0.3) is 0 Å². The average molecular weight is 262 g/mol. The van der Waals surface area contributed by atoms with Crippen LogP contribution >= 0.6 is 0 Å². The Morgan fingerprint density at radius 3 is 2.32 bits per heavy atom. The molecule has 0 spiro atoms. The van der Waals surface area contributed by atoms with Crippen molar-refractivity contribution < 1.29 is 9.90 Å². The van der Waals surface area contributed by atoms with Crippen molar-refractivity contribution in [3.63, 3.8) is 0 Å². The molecule has 1 N–H and O–H groups in total. The van der Waals surface area contributed by atoms with E-state index in [1.54, 1.807) is 0 Å². The lowest BCUT2D eigenvalue weighted by atomic mass is 10.1. The van der Waals surface area contributed by atoms with Gasteiger partial charge >= 0.3 is 5.97 Å². The van der Waals surface area contributed by atoms with Gasteiger partial charge in [0.2, 0.25) is 0 Å². The Morgan fingerprint density at radius 2 is 1.79 bits per heavy atom. The molecule has 4 nitrogen and oxygen atoms in total. The first kappa shape index (κ1) is 13.9. The van der Waals surface area contributed by atoms with Gasteiger partial charge in [0.05, 0.1) is 6.42 Å². The van der Waals surface area contributed by atoms with E-state index in [9.17, 15) is 4.79 Å². The number of carboxylic acids is 1. The lowest BCUT2D eigenvalue weighted by Gasteiger charge is -2.36. The van der Waals surface area contributed by atoms with Gasteiger partial charge in [0.1, 0.15) is 0 Å². The summed E-state index contributed by atoms with van der Waals surface area (Å²) in [5, 5.41) is 8.69. The Labute approximate surface area is 114 Å². The van der Waals surface area contributed by atoms with Crippen molar-refractivity contribution >= 4 is 11.7 Å². The zero-order valence-corrected chi connectivity index (χ0v) is 11.5. The minimum Gasteiger partial charge on any atom is -0.481 e. The Hall–Kier alpha value is -1.55. The summed E-state index contributed by atoms with van der Waals surface area (Å²) in [6, 6.07) is 8.75. The summed E-state index contributed by atoms with van der Waals surface area (Å²) in [4.78, 5) is 15.2. The second-order valence-corrected chi connectivity index (χ2v) is 4.99. The molecule has 0 saturated carbocycles.